The number of nitrogens with one attached hydrogen (secondary N) is 1. The maximum Gasteiger partial charge on any atom is 0.339 e. The van der Waals surface area contributed by atoms with Crippen LogP contribution in [0.1, 0.15) is 28.4 Å². The smallest absolute Gasteiger partial charge is 0.339 e. The molecule has 0 fully saturated rings. The molecular weight excluding hydrogens is 374 g/mol. The molecule has 0 radical (unpaired) electrons. The zero-order valence-corrected chi connectivity index (χ0v) is 16.8. The first-order chi connectivity index (χ1) is 13.8. The van der Waals surface area contributed by atoms with E-state index in [1.165, 1.54) is 25.1 Å². The van der Waals surface area contributed by atoms with Gasteiger partial charge >= 0.3 is 5.97 Å². The zero-order valence-electron chi connectivity index (χ0n) is 16.8. The van der Waals surface area contributed by atoms with Gasteiger partial charge in [-0.25, -0.2) is 4.79 Å². The number of nitro benzene ring substituents is 1. The van der Waals surface area contributed by atoms with E-state index in [1.54, 1.807) is 0 Å². The second-order valence-electron chi connectivity index (χ2n) is 6.55. The minimum absolute atomic E-state index is 0.0728. The van der Waals surface area contributed by atoms with E-state index in [0.29, 0.717) is 13.1 Å². The lowest BCUT2D eigenvalue weighted by atomic mass is 10.1. The second-order valence-corrected chi connectivity index (χ2v) is 6.55. The molecule has 0 bridgehead atoms. The van der Waals surface area contributed by atoms with Crippen molar-refractivity contribution in [1.29, 1.82) is 0 Å². The fourth-order valence-electron chi connectivity index (χ4n) is 2.93. The van der Waals surface area contributed by atoms with Gasteiger partial charge in [0.1, 0.15) is 0 Å². The molecule has 154 valence electrons. The van der Waals surface area contributed by atoms with Gasteiger partial charge in [-0.3, -0.25) is 14.9 Å². The molecule has 1 amide bonds. The summed E-state index contributed by atoms with van der Waals surface area (Å²) in [5, 5.41) is 13.7. The fraction of sp³-hybridized carbons (Fsp3) is 0.333. The van der Waals surface area contributed by atoms with E-state index in [4.69, 9.17) is 4.74 Å². The van der Waals surface area contributed by atoms with Gasteiger partial charge in [-0.05, 0) is 44.5 Å². The Morgan fingerprint density at radius 1 is 1.17 bits per heavy atom. The number of likely N-dealkylation sites (N-methyl/N-ethyl adjacent to an activating group) is 1. The summed E-state index contributed by atoms with van der Waals surface area (Å²) in [6, 6.07) is 12.3. The van der Waals surface area contributed by atoms with Gasteiger partial charge in [-0.1, -0.05) is 18.2 Å². The van der Waals surface area contributed by atoms with Crippen LogP contribution in [0, 0.1) is 24.0 Å². The summed E-state index contributed by atoms with van der Waals surface area (Å²) in [4.78, 5) is 36.7. The number of aryl methyl sites for hydroxylation is 1. The monoisotopic (exact) mass is 399 g/mol. The summed E-state index contributed by atoms with van der Waals surface area (Å²) in [6.45, 7) is 6.89. The first kappa shape index (κ1) is 21.9. The molecule has 1 N–H and O–H groups in total. The number of carbonyl (C=O) groups is 2. The molecule has 0 aliphatic heterocycles. The van der Waals surface area contributed by atoms with Crippen molar-refractivity contribution < 1.29 is 19.2 Å². The van der Waals surface area contributed by atoms with Crippen molar-refractivity contribution in [3.8, 4) is 0 Å². The van der Waals surface area contributed by atoms with E-state index in [1.807, 2.05) is 32.0 Å². The molecule has 0 saturated heterocycles. The molecule has 0 aliphatic carbocycles. The third kappa shape index (κ3) is 6.03. The molecule has 2 aromatic rings. The number of hydrogen-bond acceptors (Lipinski definition) is 6. The van der Waals surface area contributed by atoms with Crippen LogP contribution in [-0.4, -0.2) is 43.0 Å². The third-order valence-electron chi connectivity index (χ3n) is 4.51. The van der Waals surface area contributed by atoms with E-state index < -0.39 is 23.4 Å². The summed E-state index contributed by atoms with van der Waals surface area (Å²) in [5.74, 6) is -1.20. The van der Waals surface area contributed by atoms with Crippen LogP contribution < -0.4 is 10.2 Å². The summed E-state index contributed by atoms with van der Waals surface area (Å²) in [7, 11) is 0. The van der Waals surface area contributed by atoms with Crippen LogP contribution >= 0.6 is 0 Å². The van der Waals surface area contributed by atoms with Crippen molar-refractivity contribution >= 4 is 23.3 Å². The quantitative estimate of drug-likeness (QED) is 0.395. The predicted octanol–water partition coefficient (Wildman–Crippen LogP) is 3.01. The van der Waals surface area contributed by atoms with Gasteiger partial charge < -0.3 is 15.0 Å². The van der Waals surface area contributed by atoms with E-state index in [9.17, 15) is 19.7 Å². The first-order valence-electron chi connectivity index (χ1n) is 9.33. The van der Waals surface area contributed by atoms with Crippen molar-refractivity contribution in [2.24, 2.45) is 0 Å². The molecule has 8 heteroatoms. The van der Waals surface area contributed by atoms with Crippen LogP contribution in [0.2, 0.25) is 0 Å². The first-order valence-corrected chi connectivity index (χ1v) is 9.33. The molecule has 0 saturated carbocycles. The van der Waals surface area contributed by atoms with Crippen LogP contribution in [0.15, 0.2) is 42.5 Å². The number of rotatable bonds is 9. The molecule has 2 rings (SSSR count). The molecule has 0 heterocycles. The predicted molar refractivity (Wildman–Crippen MR) is 110 cm³/mol. The molecular formula is C21H25N3O5. The van der Waals surface area contributed by atoms with Crippen LogP contribution in [-0.2, 0) is 9.53 Å². The molecule has 0 spiro atoms. The van der Waals surface area contributed by atoms with Gasteiger partial charge in [0, 0.05) is 37.0 Å². The topological polar surface area (TPSA) is 102 Å². The van der Waals surface area contributed by atoms with Gasteiger partial charge in [0.2, 0.25) is 0 Å². The lowest BCUT2D eigenvalue weighted by molar-refractivity contribution is -0.385. The van der Waals surface area contributed by atoms with Crippen LogP contribution in [0.4, 0.5) is 11.4 Å². The largest absolute Gasteiger partial charge is 0.452 e. The average Bonchev–Trinajstić information content (AvgIpc) is 2.69. The van der Waals surface area contributed by atoms with Crippen molar-refractivity contribution in [1.82, 2.24) is 5.32 Å². The number of hydrogen-bond donors (Lipinski definition) is 1. The maximum absolute atomic E-state index is 12.2. The van der Waals surface area contributed by atoms with Crippen LogP contribution in [0.25, 0.3) is 0 Å². The Morgan fingerprint density at radius 3 is 2.55 bits per heavy atom. The molecule has 29 heavy (non-hydrogen) atoms. The molecule has 0 aromatic heterocycles. The Bertz CT molecular complexity index is 898. The standard InChI is InChI=1S/C21H25N3O5/c1-4-23(17-8-5-7-15(2)13-17)12-11-22-20(25)14-29-21(26)18-9-6-10-19(16(18)3)24(27)28/h5-10,13H,4,11-12,14H2,1-3H3,(H,22,25). The minimum Gasteiger partial charge on any atom is -0.452 e. The number of amides is 1. The summed E-state index contributed by atoms with van der Waals surface area (Å²) < 4.78 is 5.00. The minimum atomic E-state index is -0.767. The average molecular weight is 399 g/mol. The highest BCUT2D eigenvalue weighted by atomic mass is 16.6. The number of carbonyl (C=O) groups excluding carboxylic acids is 2. The van der Waals surface area contributed by atoms with E-state index in [0.717, 1.165) is 17.8 Å². The van der Waals surface area contributed by atoms with E-state index in [-0.39, 0.29) is 16.8 Å². The lowest BCUT2D eigenvalue weighted by Gasteiger charge is -2.23. The summed E-state index contributed by atoms with van der Waals surface area (Å²) in [6.07, 6.45) is 0. The highest BCUT2D eigenvalue weighted by molar-refractivity contribution is 5.93. The zero-order chi connectivity index (χ0) is 21.4. The number of nitro groups is 1. The molecule has 0 atom stereocenters. The Kier molecular flexibility index (Phi) is 7.70. The number of ether oxygens (including phenoxy) is 1. The van der Waals surface area contributed by atoms with Crippen molar-refractivity contribution in [2.45, 2.75) is 20.8 Å². The SMILES string of the molecule is CCN(CCNC(=O)COC(=O)c1cccc([N+](=O)[O-])c1C)c1cccc(C)c1. The van der Waals surface area contributed by atoms with Crippen molar-refractivity contribution in [3.63, 3.8) is 0 Å². The normalized spacial score (nSPS) is 10.3. The number of nitrogens with zero attached hydrogens (tertiary/aromatic N) is 2. The highest BCUT2D eigenvalue weighted by Gasteiger charge is 2.19. The van der Waals surface area contributed by atoms with Gasteiger partial charge in [0.25, 0.3) is 11.6 Å². The van der Waals surface area contributed by atoms with Gasteiger partial charge in [0.15, 0.2) is 6.61 Å². The van der Waals surface area contributed by atoms with Crippen molar-refractivity contribution in [3.05, 3.63) is 69.3 Å². The fourth-order valence-corrected chi connectivity index (χ4v) is 2.93. The Morgan fingerprint density at radius 2 is 1.90 bits per heavy atom. The van der Waals surface area contributed by atoms with Crippen LogP contribution in [0.3, 0.4) is 0 Å². The van der Waals surface area contributed by atoms with E-state index >= 15 is 0 Å². The molecule has 8 nitrogen and oxygen atoms in total. The number of anilines is 1. The summed E-state index contributed by atoms with van der Waals surface area (Å²) >= 11 is 0. The van der Waals surface area contributed by atoms with Crippen molar-refractivity contribution in [2.75, 3.05) is 31.1 Å². The molecule has 2 aromatic carbocycles. The van der Waals surface area contributed by atoms with Crippen LogP contribution in [0.5, 0.6) is 0 Å². The van der Waals surface area contributed by atoms with Gasteiger partial charge in [0.05, 0.1) is 10.5 Å². The Hall–Kier alpha value is -3.42. The molecule has 0 unspecified atom stereocenters. The number of benzene rings is 2. The molecule has 0 aliphatic rings. The lowest BCUT2D eigenvalue weighted by Crippen LogP contribution is -2.37. The second kappa shape index (κ2) is 10.2. The van der Waals surface area contributed by atoms with E-state index in [2.05, 4.69) is 16.3 Å². The Labute approximate surface area is 169 Å². The van der Waals surface area contributed by atoms with Gasteiger partial charge in [-0.15, -0.1) is 0 Å². The Balaban J connectivity index is 1.83. The maximum atomic E-state index is 12.2. The number of esters is 1. The van der Waals surface area contributed by atoms with Gasteiger partial charge in [-0.2, -0.15) is 0 Å². The highest BCUT2D eigenvalue weighted by Crippen LogP contribution is 2.21. The third-order valence-corrected chi connectivity index (χ3v) is 4.51. The summed E-state index contributed by atoms with van der Waals surface area (Å²) in [5.41, 5.74) is 2.35.